The van der Waals surface area contributed by atoms with Crippen molar-refractivity contribution in [1.82, 2.24) is 5.32 Å². The lowest BCUT2D eigenvalue weighted by molar-refractivity contribution is -0.153. The largest absolute Gasteiger partial charge is 0.467 e. The van der Waals surface area contributed by atoms with E-state index in [0.29, 0.717) is 38.1 Å². The predicted octanol–water partition coefficient (Wildman–Crippen LogP) is 1.39. The van der Waals surface area contributed by atoms with Gasteiger partial charge in [-0.15, -0.1) is 12.4 Å². The molecule has 0 atom stereocenters. The highest BCUT2D eigenvalue weighted by atomic mass is 35.5. The van der Waals surface area contributed by atoms with E-state index in [0.717, 1.165) is 12.8 Å². The summed E-state index contributed by atoms with van der Waals surface area (Å²) in [5.41, 5.74) is 4.56. The first-order chi connectivity index (χ1) is 8.54. The van der Waals surface area contributed by atoms with Crippen LogP contribution in [0.1, 0.15) is 45.4 Å². The van der Waals surface area contributed by atoms with Crippen LogP contribution in [-0.2, 0) is 14.3 Å². The van der Waals surface area contributed by atoms with Crippen LogP contribution in [0.3, 0.4) is 0 Å². The van der Waals surface area contributed by atoms with Gasteiger partial charge in [-0.2, -0.15) is 0 Å². The number of amides is 1. The van der Waals surface area contributed by atoms with E-state index in [1.807, 2.05) is 0 Å². The number of hydrogen-bond acceptors (Lipinski definition) is 4. The first kappa shape index (κ1) is 18.2. The van der Waals surface area contributed by atoms with Crippen LogP contribution in [0, 0.1) is 5.92 Å². The van der Waals surface area contributed by atoms with Gasteiger partial charge in [0.15, 0.2) is 0 Å². The minimum Gasteiger partial charge on any atom is -0.467 e. The number of methoxy groups -OCH3 is 1. The number of carbonyl (C=O) groups is 2. The normalized spacial score (nSPS) is 26.2. The standard InChI is InChI=1S/C13H24N2O3.ClH/c1-10-5-7-13(8-6-10,12(17)18-2)15-11(16)4-3-9-14;/h10H,3-9,14H2,1-2H3,(H,15,16);1H. The van der Waals surface area contributed by atoms with E-state index in [1.54, 1.807) is 0 Å². The fourth-order valence-electron chi connectivity index (χ4n) is 2.42. The average molecular weight is 293 g/mol. The third kappa shape index (κ3) is 4.99. The number of hydrogen-bond donors (Lipinski definition) is 2. The Bertz CT molecular complexity index is 302. The van der Waals surface area contributed by atoms with Crippen LogP contribution >= 0.6 is 12.4 Å². The number of halogens is 1. The van der Waals surface area contributed by atoms with Gasteiger partial charge in [-0.1, -0.05) is 6.92 Å². The minimum atomic E-state index is -0.813. The molecule has 0 radical (unpaired) electrons. The second kappa shape index (κ2) is 8.38. The van der Waals surface area contributed by atoms with Crippen LogP contribution in [0.2, 0.25) is 0 Å². The summed E-state index contributed by atoms with van der Waals surface area (Å²) in [6.07, 6.45) is 4.20. The first-order valence-electron chi connectivity index (χ1n) is 6.63. The highest BCUT2D eigenvalue weighted by Crippen LogP contribution is 2.32. The Morgan fingerprint density at radius 1 is 1.37 bits per heavy atom. The van der Waals surface area contributed by atoms with Crippen LogP contribution in [-0.4, -0.2) is 31.1 Å². The molecule has 0 aromatic rings. The Labute approximate surface area is 121 Å². The molecule has 0 aliphatic heterocycles. The maximum atomic E-state index is 11.9. The molecule has 0 spiro atoms. The van der Waals surface area contributed by atoms with E-state index in [9.17, 15) is 9.59 Å². The maximum Gasteiger partial charge on any atom is 0.331 e. The molecule has 5 nitrogen and oxygen atoms in total. The van der Waals surface area contributed by atoms with Gasteiger partial charge in [-0.3, -0.25) is 4.79 Å². The Kier molecular flexibility index (Phi) is 8.02. The average Bonchev–Trinajstić information content (AvgIpc) is 2.38. The Morgan fingerprint density at radius 3 is 2.42 bits per heavy atom. The Hall–Kier alpha value is -0.810. The molecule has 1 fully saturated rings. The van der Waals surface area contributed by atoms with Crippen LogP contribution in [0.5, 0.6) is 0 Å². The number of nitrogens with one attached hydrogen (secondary N) is 1. The molecule has 19 heavy (non-hydrogen) atoms. The fourth-order valence-corrected chi connectivity index (χ4v) is 2.42. The van der Waals surface area contributed by atoms with Crippen molar-refractivity contribution in [3.8, 4) is 0 Å². The molecule has 6 heteroatoms. The van der Waals surface area contributed by atoms with E-state index in [-0.39, 0.29) is 24.3 Å². The summed E-state index contributed by atoms with van der Waals surface area (Å²) >= 11 is 0. The molecule has 0 heterocycles. The van der Waals surface area contributed by atoms with E-state index in [2.05, 4.69) is 12.2 Å². The van der Waals surface area contributed by atoms with Gasteiger partial charge in [0.2, 0.25) is 5.91 Å². The predicted molar refractivity (Wildman–Crippen MR) is 76.1 cm³/mol. The lowest BCUT2D eigenvalue weighted by Crippen LogP contribution is -2.56. The van der Waals surface area contributed by atoms with E-state index in [4.69, 9.17) is 10.5 Å². The zero-order valence-corrected chi connectivity index (χ0v) is 12.6. The molecule has 1 saturated carbocycles. The quantitative estimate of drug-likeness (QED) is 0.750. The van der Waals surface area contributed by atoms with Gasteiger partial charge in [-0.05, 0) is 44.6 Å². The molecule has 3 N–H and O–H groups in total. The SMILES string of the molecule is COC(=O)C1(NC(=O)CCCN)CCC(C)CC1.Cl. The lowest BCUT2D eigenvalue weighted by atomic mass is 9.77. The summed E-state index contributed by atoms with van der Waals surface area (Å²) in [5.74, 6) is 0.166. The number of esters is 1. The van der Waals surface area contributed by atoms with E-state index >= 15 is 0 Å². The molecule has 0 aromatic heterocycles. The van der Waals surface area contributed by atoms with E-state index < -0.39 is 5.54 Å². The van der Waals surface area contributed by atoms with Crippen molar-refractivity contribution < 1.29 is 14.3 Å². The maximum absolute atomic E-state index is 11.9. The summed E-state index contributed by atoms with van der Waals surface area (Å²) in [4.78, 5) is 23.7. The highest BCUT2D eigenvalue weighted by Gasteiger charge is 2.43. The summed E-state index contributed by atoms with van der Waals surface area (Å²) in [6, 6.07) is 0. The van der Waals surface area contributed by atoms with Crippen molar-refractivity contribution in [2.45, 2.75) is 51.0 Å². The minimum absolute atomic E-state index is 0. The molecule has 1 rings (SSSR count). The number of carbonyl (C=O) groups excluding carboxylic acids is 2. The summed E-state index contributed by atoms with van der Waals surface area (Å²) in [7, 11) is 1.37. The number of rotatable bonds is 5. The van der Waals surface area contributed by atoms with E-state index in [1.165, 1.54) is 7.11 Å². The molecular formula is C13H25ClN2O3. The van der Waals surface area contributed by atoms with Crippen molar-refractivity contribution in [3.63, 3.8) is 0 Å². The van der Waals surface area contributed by atoms with Crippen molar-refractivity contribution in [3.05, 3.63) is 0 Å². The molecule has 1 aliphatic rings. The van der Waals surface area contributed by atoms with Crippen molar-refractivity contribution in [2.75, 3.05) is 13.7 Å². The Balaban J connectivity index is 0.00000324. The summed E-state index contributed by atoms with van der Waals surface area (Å²) in [5, 5.41) is 2.87. The van der Waals surface area contributed by atoms with Gasteiger partial charge >= 0.3 is 5.97 Å². The summed E-state index contributed by atoms with van der Waals surface area (Å²) < 4.78 is 4.86. The van der Waals surface area contributed by atoms with Gasteiger partial charge in [0.25, 0.3) is 0 Å². The zero-order chi connectivity index (χ0) is 13.6. The van der Waals surface area contributed by atoms with Crippen molar-refractivity contribution in [2.24, 2.45) is 11.7 Å². The molecule has 0 saturated heterocycles. The third-order valence-corrected chi connectivity index (χ3v) is 3.69. The molecule has 1 amide bonds. The van der Waals surface area contributed by atoms with Gasteiger partial charge in [-0.25, -0.2) is 4.79 Å². The zero-order valence-electron chi connectivity index (χ0n) is 11.7. The number of nitrogens with two attached hydrogens (primary N) is 1. The first-order valence-corrected chi connectivity index (χ1v) is 6.63. The van der Waals surface area contributed by atoms with Gasteiger partial charge in [0.1, 0.15) is 5.54 Å². The van der Waals surface area contributed by atoms with Crippen molar-refractivity contribution >= 4 is 24.3 Å². The lowest BCUT2D eigenvalue weighted by Gasteiger charge is -2.37. The monoisotopic (exact) mass is 292 g/mol. The third-order valence-electron chi connectivity index (χ3n) is 3.69. The second-order valence-corrected chi connectivity index (χ2v) is 5.20. The molecule has 0 aromatic carbocycles. The highest BCUT2D eigenvalue weighted by molar-refractivity contribution is 5.88. The topological polar surface area (TPSA) is 81.4 Å². The fraction of sp³-hybridized carbons (Fsp3) is 0.846. The van der Waals surface area contributed by atoms with Crippen LogP contribution < -0.4 is 11.1 Å². The van der Waals surface area contributed by atoms with Crippen LogP contribution in [0.4, 0.5) is 0 Å². The number of ether oxygens (including phenoxy) is 1. The van der Waals surface area contributed by atoms with Gasteiger partial charge in [0, 0.05) is 6.42 Å². The molecule has 0 unspecified atom stereocenters. The van der Waals surface area contributed by atoms with Crippen molar-refractivity contribution in [1.29, 1.82) is 0 Å². The second-order valence-electron chi connectivity index (χ2n) is 5.20. The molecule has 112 valence electrons. The molecular weight excluding hydrogens is 268 g/mol. The smallest absolute Gasteiger partial charge is 0.331 e. The molecule has 1 aliphatic carbocycles. The summed E-state index contributed by atoms with van der Waals surface area (Å²) in [6.45, 7) is 2.65. The van der Waals surface area contributed by atoms with Crippen LogP contribution in [0.25, 0.3) is 0 Å². The van der Waals surface area contributed by atoms with Gasteiger partial charge in [0.05, 0.1) is 7.11 Å². The molecule has 0 bridgehead atoms. The van der Waals surface area contributed by atoms with Gasteiger partial charge < -0.3 is 15.8 Å². The Morgan fingerprint density at radius 2 is 1.95 bits per heavy atom. The van der Waals surface area contributed by atoms with Crippen LogP contribution in [0.15, 0.2) is 0 Å².